The van der Waals surface area contributed by atoms with E-state index in [-0.39, 0.29) is 10.8 Å². The van der Waals surface area contributed by atoms with Crippen LogP contribution in [0.5, 0.6) is 0 Å². The van der Waals surface area contributed by atoms with E-state index in [0.29, 0.717) is 16.8 Å². The number of primary amides is 1. The van der Waals surface area contributed by atoms with Crippen LogP contribution in [0, 0.1) is 6.92 Å². The molecule has 1 aromatic carbocycles. The van der Waals surface area contributed by atoms with Gasteiger partial charge >= 0.3 is 0 Å². The summed E-state index contributed by atoms with van der Waals surface area (Å²) in [5.41, 5.74) is 6.94. The van der Waals surface area contributed by atoms with Gasteiger partial charge in [0.15, 0.2) is 0 Å². The largest absolute Gasteiger partial charge is 0.366 e. The Bertz CT molecular complexity index is 688. The summed E-state index contributed by atoms with van der Waals surface area (Å²) in [6.07, 6.45) is 2.65. The summed E-state index contributed by atoms with van der Waals surface area (Å²) in [4.78, 5) is 30.7. The van der Waals surface area contributed by atoms with Crippen molar-refractivity contribution >= 4 is 29.1 Å². The molecule has 0 aliphatic carbocycles. The quantitative estimate of drug-likeness (QED) is 0.900. The van der Waals surface area contributed by atoms with Crippen LogP contribution in [0.4, 0.5) is 5.69 Å². The maximum absolute atomic E-state index is 12.0. The fourth-order valence-corrected chi connectivity index (χ4v) is 1.74. The van der Waals surface area contributed by atoms with Crippen LogP contribution < -0.4 is 11.1 Å². The fraction of sp³-hybridized carbons (Fsp3) is 0.0769. The summed E-state index contributed by atoms with van der Waals surface area (Å²) in [6.45, 7) is 1.76. The second-order valence-corrected chi connectivity index (χ2v) is 4.46. The molecular weight excluding hydrogens is 280 g/mol. The molecule has 102 valence electrons. The van der Waals surface area contributed by atoms with Gasteiger partial charge in [0.05, 0.1) is 12.4 Å². The third-order valence-electron chi connectivity index (χ3n) is 2.60. The first kappa shape index (κ1) is 14.0. The highest BCUT2D eigenvalue weighted by Gasteiger charge is 2.11. The molecule has 3 N–H and O–H groups in total. The molecule has 2 rings (SSSR count). The molecule has 0 saturated heterocycles. The maximum Gasteiger partial charge on any atom is 0.275 e. The topological polar surface area (TPSA) is 98.0 Å². The van der Waals surface area contributed by atoms with Crippen LogP contribution in [0.2, 0.25) is 5.15 Å². The zero-order valence-corrected chi connectivity index (χ0v) is 11.3. The Morgan fingerprint density at radius 3 is 2.65 bits per heavy atom. The predicted molar refractivity (Wildman–Crippen MR) is 74.7 cm³/mol. The molecule has 0 fully saturated rings. The highest BCUT2D eigenvalue weighted by atomic mass is 35.5. The van der Waals surface area contributed by atoms with Gasteiger partial charge in [0.1, 0.15) is 10.8 Å². The summed E-state index contributed by atoms with van der Waals surface area (Å²) in [5.74, 6) is -0.957. The second kappa shape index (κ2) is 5.66. The van der Waals surface area contributed by atoms with Gasteiger partial charge in [-0.2, -0.15) is 0 Å². The van der Waals surface area contributed by atoms with Crippen molar-refractivity contribution < 1.29 is 9.59 Å². The minimum Gasteiger partial charge on any atom is -0.366 e. The number of halogens is 1. The summed E-state index contributed by atoms with van der Waals surface area (Å²) in [7, 11) is 0. The minimum absolute atomic E-state index is 0.107. The van der Waals surface area contributed by atoms with Crippen molar-refractivity contribution in [3.8, 4) is 0 Å². The molecule has 0 saturated carbocycles. The van der Waals surface area contributed by atoms with Crippen LogP contribution >= 0.6 is 11.6 Å². The molecule has 0 aliphatic heterocycles. The van der Waals surface area contributed by atoms with Crippen LogP contribution in [-0.4, -0.2) is 21.8 Å². The third-order valence-corrected chi connectivity index (χ3v) is 2.78. The van der Waals surface area contributed by atoms with E-state index in [1.54, 1.807) is 19.1 Å². The average molecular weight is 291 g/mol. The van der Waals surface area contributed by atoms with Crippen LogP contribution in [0.15, 0.2) is 30.6 Å². The van der Waals surface area contributed by atoms with Crippen LogP contribution in [0.1, 0.15) is 26.4 Å². The maximum atomic E-state index is 12.0. The van der Waals surface area contributed by atoms with Gasteiger partial charge in [-0.05, 0) is 30.7 Å². The fourth-order valence-electron chi connectivity index (χ4n) is 1.60. The number of rotatable bonds is 3. The van der Waals surface area contributed by atoms with E-state index in [4.69, 9.17) is 17.3 Å². The number of aromatic nitrogens is 2. The molecule has 1 heterocycles. The zero-order valence-electron chi connectivity index (χ0n) is 10.6. The molecule has 0 atom stereocenters. The molecule has 2 aromatic rings. The van der Waals surface area contributed by atoms with Crippen molar-refractivity contribution in [3.63, 3.8) is 0 Å². The second-order valence-electron chi connectivity index (χ2n) is 4.08. The monoisotopic (exact) mass is 290 g/mol. The first-order valence-electron chi connectivity index (χ1n) is 5.66. The lowest BCUT2D eigenvalue weighted by atomic mass is 10.1. The van der Waals surface area contributed by atoms with Gasteiger partial charge < -0.3 is 11.1 Å². The molecular formula is C13H11ClN4O2. The number of nitrogens with two attached hydrogens (primary N) is 1. The van der Waals surface area contributed by atoms with Gasteiger partial charge in [-0.1, -0.05) is 11.6 Å². The van der Waals surface area contributed by atoms with Crippen LogP contribution in [0.3, 0.4) is 0 Å². The Morgan fingerprint density at radius 2 is 2.05 bits per heavy atom. The van der Waals surface area contributed by atoms with Gasteiger partial charge in [-0.3, -0.25) is 14.6 Å². The van der Waals surface area contributed by atoms with Gasteiger partial charge in [0.2, 0.25) is 5.91 Å². The standard InChI is InChI=1S/C13H11ClN4O2/c1-7-4-8(12(15)19)2-3-9(7)18-13(20)10-5-16-6-11(14)17-10/h2-6H,1H3,(H2,15,19)(H,18,20). The molecule has 0 spiro atoms. The van der Waals surface area contributed by atoms with E-state index in [1.807, 2.05) is 0 Å². The van der Waals surface area contributed by atoms with Crippen molar-refractivity contribution in [2.45, 2.75) is 6.92 Å². The molecule has 7 heteroatoms. The zero-order chi connectivity index (χ0) is 14.7. The number of aryl methyl sites for hydroxylation is 1. The Labute approximate surface area is 120 Å². The Hall–Kier alpha value is -2.47. The number of benzene rings is 1. The van der Waals surface area contributed by atoms with Crippen molar-refractivity contribution in [1.82, 2.24) is 9.97 Å². The first-order valence-corrected chi connectivity index (χ1v) is 6.04. The molecule has 6 nitrogen and oxygen atoms in total. The summed E-state index contributed by atoms with van der Waals surface area (Å²) >= 11 is 5.67. The SMILES string of the molecule is Cc1cc(C(N)=O)ccc1NC(=O)c1cncc(Cl)n1. The Kier molecular flexibility index (Phi) is 3.95. The van der Waals surface area contributed by atoms with Crippen LogP contribution in [0.25, 0.3) is 0 Å². The van der Waals surface area contributed by atoms with E-state index in [9.17, 15) is 9.59 Å². The van der Waals surface area contributed by atoms with E-state index in [2.05, 4.69) is 15.3 Å². The summed E-state index contributed by atoms with van der Waals surface area (Å²) in [6, 6.07) is 4.74. The smallest absolute Gasteiger partial charge is 0.275 e. The molecule has 0 aliphatic rings. The minimum atomic E-state index is -0.522. The number of hydrogen-bond donors (Lipinski definition) is 2. The van der Waals surface area contributed by atoms with Crippen molar-refractivity contribution in [1.29, 1.82) is 0 Å². The number of amides is 2. The lowest BCUT2D eigenvalue weighted by Crippen LogP contribution is -2.16. The normalized spacial score (nSPS) is 10.1. The number of hydrogen-bond acceptors (Lipinski definition) is 4. The van der Waals surface area contributed by atoms with Crippen molar-refractivity contribution in [2.24, 2.45) is 5.73 Å². The van der Waals surface area contributed by atoms with Gasteiger partial charge in [0.25, 0.3) is 5.91 Å². The Balaban J connectivity index is 2.22. The number of nitrogens with one attached hydrogen (secondary N) is 1. The first-order chi connectivity index (χ1) is 9.47. The van der Waals surface area contributed by atoms with Crippen LogP contribution in [-0.2, 0) is 0 Å². The van der Waals surface area contributed by atoms with E-state index in [1.165, 1.54) is 18.5 Å². The van der Waals surface area contributed by atoms with E-state index < -0.39 is 11.8 Å². The molecule has 20 heavy (non-hydrogen) atoms. The number of nitrogens with zero attached hydrogens (tertiary/aromatic N) is 2. The lowest BCUT2D eigenvalue weighted by Gasteiger charge is -2.08. The predicted octanol–water partition coefficient (Wildman–Crippen LogP) is 1.79. The van der Waals surface area contributed by atoms with Gasteiger partial charge in [-0.25, -0.2) is 4.98 Å². The van der Waals surface area contributed by atoms with Gasteiger partial charge in [-0.15, -0.1) is 0 Å². The van der Waals surface area contributed by atoms with E-state index >= 15 is 0 Å². The average Bonchev–Trinajstić information content (AvgIpc) is 2.40. The highest BCUT2D eigenvalue weighted by molar-refractivity contribution is 6.29. The molecule has 2 amide bonds. The van der Waals surface area contributed by atoms with E-state index in [0.717, 1.165) is 0 Å². The molecule has 0 bridgehead atoms. The number of carbonyl (C=O) groups is 2. The third kappa shape index (κ3) is 3.10. The molecule has 1 aromatic heterocycles. The highest BCUT2D eigenvalue weighted by Crippen LogP contribution is 2.17. The summed E-state index contributed by atoms with van der Waals surface area (Å²) < 4.78 is 0. The van der Waals surface area contributed by atoms with Crippen molar-refractivity contribution in [3.05, 3.63) is 52.6 Å². The summed E-state index contributed by atoms with van der Waals surface area (Å²) in [5, 5.41) is 2.81. The number of anilines is 1. The lowest BCUT2D eigenvalue weighted by molar-refractivity contribution is 0.0997. The number of carbonyl (C=O) groups excluding carboxylic acids is 2. The van der Waals surface area contributed by atoms with Crippen molar-refractivity contribution in [2.75, 3.05) is 5.32 Å². The molecule has 0 unspecified atom stereocenters. The Morgan fingerprint density at radius 1 is 1.30 bits per heavy atom. The molecule has 0 radical (unpaired) electrons. The van der Waals surface area contributed by atoms with Gasteiger partial charge in [0, 0.05) is 11.3 Å².